The Balaban J connectivity index is 1.13. The normalized spacial score (nSPS) is 17.8. The van der Waals surface area contributed by atoms with E-state index >= 15 is 0 Å². The number of fused-ring (bicyclic) bond motifs is 1. The van der Waals surface area contributed by atoms with Crippen LogP contribution in [0.25, 0.3) is 0 Å². The molecule has 1 N–H and O–H groups in total. The molecule has 0 radical (unpaired) electrons. The van der Waals surface area contributed by atoms with E-state index in [2.05, 4.69) is 34.5 Å². The topological polar surface area (TPSA) is 80.9 Å². The largest absolute Gasteiger partial charge is 0.416 e. The van der Waals surface area contributed by atoms with Crippen LogP contribution < -0.4 is 10.9 Å². The third kappa shape index (κ3) is 8.75. The molecule has 0 bridgehead atoms. The number of hydrogen-bond acceptors (Lipinski definition) is 7. The molecule has 3 heterocycles. The van der Waals surface area contributed by atoms with Gasteiger partial charge in [0.1, 0.15) is 11.6 Å². The van der Waals surface area contributed by atoms with Crippen LogP contribution in [-0.2, 0) is 38.2 Å². The maximum absolute atomic E-state index is 13.6. The van der Waals surface area contributed by atoms with Gasteiger partial charge in [-0.1, -0.05) is 72.8 Å². The van der Waals surface area contributed by atoms with Gasteiger partial charge < -0.3 is 19.4 Å². The number of aromatic nitrogens is 5. The van der Waals surface area contributed by atoms with E-state index in [1.807, 2.05) is 24.3 Å². The zero-order valence-corrected chi connectivity index (χ0v) is 29.9. The van der Waals surface area contributed by atoms with Crippen molar-refractivity contribution in [3.63, 3.8) is 0 Å². The molecule has 4 aromatic rings. The zero-order valence-electron chi connectivity index (χ0n) is 29.0. The molecule has 1 aliphatic heterocycles. The van der Waals surface area contributed by atoms with Gasteiger partial charge in [-0.15, -0.1) is 10.2 Å². The van der Waals surface area contributed by atoms with Gasteiger partial charge in [0.15, 0.2) is 11.0 Å². The average molecular weight is 734 g/mol. The minimum atomic E-state index is -4.34. The number of nitrogens with one attached hydrogen (secondary N) is 1. The Hall–Kier alpha value is -4.07. The van der Waals surface area contributed by atoms with E-state index in [4.69, 9.17) is 0 Å². The lowest BCUT2D eigenvalue weighted by molar-refractivity contribution is -0.0886. The van der Waals surface area contributed by atoms with Crippen LogP contribution in [0.3, 0.4) is 0 Å². The van der Waals surface area contributed by atoms with Gasteiger partial charge in [-0.05, 0) is 80.4 Å². The van der Waals surface area contributed by atoms with Crippen molar-refractivity contribution in [2.75, 3.05) is 26.2 Å². The highest BCUT2D eigenvalue weighted by atomic mass is 32.2. The van der Waals surface area contributed by atoms with Crippen molar-refractivity contribution in [1.82, 2.24) is 34.5 Å². The highest BCUT2D eigenvalue weighted by molar-refractivity contribution is 7.98. The van der Waals surface area contributed by atoms with Crippen LogP contribution in [0, 0.1) is 5.82 Å². The van der Waals surface area contributed by atoms with Crippen LogP contribution in [0.4, 0.5) is 17.6 Å². The Kier molecular flexibility index (Phi) is 11.4. The second kappa shape index (κ2) is 16.3. The van der Waals surface area contributed by atoms with Crippen molar-refractivity contribution < 1.29 is 17.6 Å². The van der Waals surface area contributed by atoms with Crippen LogP contribution in [0.15, 0.2) is 82.3 Å². The summed E-state index contributed by atoms with van der Waals surface area (Å²) in [6.45, 7) is 5.48. The number of hydrogen-bond donors (Lipinski definition) is 1. The molecule has 0 spiro atoms. The van der Waals surface area contributed by atoms with Gasteiger partial charge in [-0.2, -0.15) is 18.2 Å². The molecule has 13 heteroatoms. The lowest BCUT2D eigenvalue weighted by Gasteiger charge is -2.26. The average Bonchev–Trinajstić information content (AvgIpc) is 3.80. The molecule has 1 fully saturated rings. The fraction of sp³-hybridized carbons (Fsp3) is 0.436. The minimum Gasteiger partial charge on any atom is -0.316 e. The van der Waals surface area contributed by atoms with Gasteiger partial charge in [0.05, 0.1) is 25.2 Å². The van der Waals surface area contributed by atoms with Crippen molar-refractivity contribution in [1.29, 1.82) is 0 Å². The third-order valence-corrected chi connectivity index (χ3v) is 11.2. The van der Waals surface area contributed by atoms with E-state index in [0.717, 1.165) is 78.6 Å². The molecule has 8 nitrogen and oxygen atoms in total. The summed E-state index contributed by atoms with van der Waals surface area (Å²) in [4.78, 5) is 20.1. The first-order valence-corrected chi connectivity index (χ1v) is 19.1. The Morgan fingerprint density at radius 1 is 0.865 bits per heavy atom. The fourth-order valence-electron chi connectivity index (χ4n) is 7.28. The molecule has 0 amide bonds. The summed E-state index contributed by atoms with van der Waals surface area (Å²) in [6, 6.07) is 14.4. The Morgan fingerprint density at radius 3 is 2.35 bits per heavy atom. The first kappa shape index (κ1) is 36.3. The standard InChI is InChI=1S/C39H43F4N7OS/c40-32-17-9-28(10-18-32)26-52-38-45-37(51)33-5-4-6-34(33)49(38)25-36-47-46-35(23-44-19-22-48-20-2-1-3-21-48)50(36)24-27-7-11-29(12-8-27)30-13-15-31(16-14-30)39(41,42)43/h7-13,15-18,30,44H,1-6,14,19-26H2. The first-order valence-electron chi connectivity index (χ1n) is 18.1. The van der Waals surface area contributed by atoms with Crippen molar-refractivity contribution in [3.05, 3.63) is 128 Å². The number of halogens is 4. The third-order valence-electron chi connectivity index (χ3n) is 10.2. The predicted octanol–water partition coefficient (Wildman–Crippen LogP) is 6.96. The smallest absolute Gasteiger partial charge is 0.316 e. The van der Waals surface area contributed by atoms with Gasteiger partial charge in [0.2, 0.25) is 0 Å². The highest BCUT2D eigenvalue weighted by Crippen LogP contribution is 2.34. The molecule has 2 aromatic heterocycles. The summed E-state index contributed by atoms with van der Waals surface area (Å²) in [5.41, 5.74) is 3.84. The fourth-order valence-corrected chi connectivity index (χ4v) is 8.25. The Labute approximate surface area is 305 Å². The van der Waals surface area contributed by atoms with Crippen LogP contribution >= 0.6 is 11.8 Å². The maximum Gasteiger partial charge on any atom is 0.416 e. The van der Waals surface area contributed by atoms with Crippen LogP contribution in [0.1, 0.15) is 77.6 Å². The van der Waals surface area contributed by atoms with E-state index in [0.29, 0.717) is 43.4 Å². The molecule has 1 atom stereocenters. The van der Waals surface area contributed by atoms with Gasteiger partial charge >= 0.3 is 6.18 Å². The number of likely N-dealkylation sites (tertiary alicyclic amines) is 1. The van der Waals surface area contributed by atoms with Crippen LogP contribution in [0.2, 0.25) is 0 Å². The van der Waals surface area contributed by atoms with E-state index < -0.39 is 11.7 Å². The molecule has 274 valence electrons. The molecular weight excluding hydrogens is 691 g/mol. The predicted molar refractivity (Wildman–Crippen MR) is 194 cm³/mol. The lowest BCUT2D eigenvalue weighted by Crippen LogP contribution is -2.36. The van der Waals surface area contributed by atoms with Gasteiger partial charge in [-0.25, -0.2) is 4.39 Å². The van der Waals surface area contributed by atoms with E-state index in [-0.39, 0.29) is 17.3 Å². The van der Waals surface area contributed by atoms with Crippen LogP contribution in [-0.4, -0.2) is 61.6 Å². The SMILES string of the molecule is O=c1nc(SCc2ccc(F)cc2)n(Cc2nnc(CNCCN3CCCCC3)n2Cc2ccc(C3C=CC(C(F)(F)F)=CC3)cc2)c2c1CCC2. The van der Waals surface area contributed by atoms with E-state index in [9.17, 15) is 22.4 Å². The van der Waals surface area contributed by atoms with Crippen molar-refractivity contribution >= 4 is 11.8 Å². The Morgan fingerprint density at radius 2 is 1.62 bits per heavy atom. The number of thioether (sulfide) groups is 1. The maximum atomic E-state index is 13.6. The molecule has 7 rings (SSSR count). The Bertz CT molecular complexity index is 1960. The summed E-state index contributed by atoms with van der Waals surface area (Å²) < 4.78 is 57.2. The summed E-state index contributed by atoms with van der Waals surface area (Å²) in [6.07, 6.45) is 6.16. The van der Waals surface area contributed by atoms with Crippen molar-refractivity contribution in [2.24, 2.45) is 0 Å². The summed E-state index contributed by atoms with van der Waals surface area (Å²) >= 11 is 1.45. The van der Waals surface area contributed by atoms with Gasteiger partial charge in [0.25, 0.3) is 5.56 Å². The summed E-state index contributed by atoms with van der Waals surface area (Å²) in [7, 11) is 0. The molecular formula is C39H43F4N7OS. The molecule has 52 heavy (non-hydrogen) atoms. The molecule has 2 aromatic carbocycles. The van der Waals surface area contributed by atoms with Gasteiger partial charge in [-0.3, -0.25) is 4.79 Å². The monoisotopic (exact) mass is 733 g/mol. The van der Waals surface area contributed by atoms with E-state index in [1.165, 1.54) is 55.3 Å². The summed E-state index contributed by atoms with van der Waals surface area (Å²) in [5.74, 6) is 1.64. The molecule has 3 aliphatic rings. The zero-order chi connectivity index (χ0) is 36.1. The van der Waals surface area contributed by atoms with Crippen LogP contribution in [0.5, 0.6) is 0 Å². The number of piperidine rings is 1. The highest BCUT2D eigenvalue weighted by Gasteiger charge is 2.33. The second-order valence-electron chi connectivity index (χ2n) is 13.8. The number of rotatable bonds is 13. The molecule has 2 aliphatic carbocycles. The van der Waals surface area contributed by atoms with Crippen molar-refractivity contribution in [2.45, 2.75) is 87.6 Å². The lowest BCUT2D eigenvalue weighted by atomic mass is 9.89. The number of nitrogens with zero attached hydrogens (tertiary/aromatic N) is 6. The first-order chi connectivity index (χ1) is 25.2. The molecule has 1 saturated heterocycles. The molecule has 1 unspecified atom stereocenters. The van der Waals surface area contributed by atoms with Gasteiger partial charge in [0, 0.05) is 36.0 Å². The number of allylic oxidation sites excluding steroid dienone is 4. The molecule has 0 saturated carbocycles. The minimum absolute atomic E-state index is 0.119. The quantitative estimate of drug-likeness (QED) is 0.0689. The van der Waals surface area contributed by atoms with E-state index in [1.54, 1.807) is 18.2 Å². The van der Waals surface area contributed by atoms with Crippen molar-refractivity contribution in [3.8, 4) is 0 Å². The summed E-state index contributed by atoms with van der Waals surface area (Å²) in [5, 5.41) is 13.5. The number of alkyl halides is 3. The second-order valence-corrected chi connectivity index (χ2v) is 14.7. The number of benzene rings is 2.